The van der Waals surface area contributed by atoms with E-state index in [9.17, 15) is 14.5 Å². The summed E-state index contributed by atoms with van der Waals surface area (Å²) < 4.78 is 0. The number of carbonyl (C=O) groups is 2. The molecular formula is C16H13N3O4. The van der Waals surface area contributed by atoms with Crippen molar-refractivity contribution in [2.24, 2.45) is 5.29 Å². The van der Waals surface area contributed by atoms with E-state index in [1.54, 1.807) is 24.4 Å². The van der Waals surface area contributed by atoms with Gasteiger partial charge in [-0.3, -0.25) is 14.6 Å². The van der Waals surface area contributed by atoms with Crippen molar-refractivity contribution in [1.29, 1.82) is 0 Å². The third kappa shape index (κ3) is 4.57. The Bertz CT molecular complexity index is 727. The topological polar surface area (TPSA) is 99.9 Å². The summed E-state index contributed by atoms with van der Waals surface area (Å²) >= 11 is 0. The highest BCUT2D eigenvalue weighted by Gasteiger charge is 2.11. The molecular weight excluding hydrogens is 298 g/mol. The van der Waals surface area contributed by atoms with Gasteiger partial charge in [0.2, 0.25) is 0 Å². The fourth-order valence-electron chi connectivity index (χ4n) is 1.83. The van der Waals surface area contributed by atoms with Gasteiger partial charge in [0.15, 0.2) is 5.78 Å². The first-order chi connectivity index (χ1) is 11.1. The smallest absolute Gasteiger partial charge is 0.325 e. The summed E-state index contributed by atoms with van der Waals surface area (Å²) in [6, 6.07) is 11.3. The highest BCUT2D eigenvalue weighted by atomic mass is 16.4. The van der Waals surface area contributed by atoms with Crippen molar-refractivity contribution >= 4 is 23.5 Å². The number of ketones is 1. The number of benzene rings is 1. The van der Waals surface area contributed by atoms with Gasteiger partial charge >= 0.3 is 5.97 Å². The predicted molar refractivity (Wildman–Crippen MR) is 84.8 cm³/mol. The number of allylic oxidation sites excluding steroid dienone is 1. The molecule has 0 saturated carbocycles. The van der Waals surface area contributed by atoms with Crippen LogP contribution >= 0.6 is 0 Å². The summed E-state index contributed by atoms with van der Waals surface area (Å²) in [5, 5.41) is 12.1. The molecule has 0 bridgehead atoms. The van der Waals surface area contributed by atoms with Crippen LogP contribution in [0.4, 0.5) is 5.69 Å². The first-order valence-electron chi connectivity index (χ1n) is 6.66. The molecule has 2 rings (SSSR count). The zero-order valence-corrected chi connectivity index (χ0v) is 12.0. The van der Waals surface area contributed by atoms with E-state index < -0.39 is 12.5 Å². The van der Waals surface area contributed by atoms with Crippen LogP contribution in [-0.4, -0.2) is 28.4 Å². The van der Waals surface area contributed by atoms with Gasteiger partial charge in [-0.1, -0.05) is 6.07 Å². The zero-order chi connectivity index (χ0) is 16.7. The molecule has 116 valence electrons. The van der Waals surface area contributed by atoms with Crippen LogP contribution in [0.1, 0.15) is 16.1 Å². The number of carboxylic acid groups (broad SMARTS) is 1. The molecule has 0 unspecified atom stereocenters. The first-order valence-corrected chi connectivity index (χ1v) is 6.66. The third-order valence-electron chi connectivity index (χ3n) is 2.93. The van der Waals surface area contributed by atoms with Crippen LogP contribution in [0, 0.1) is 4.91 Å². The minimum Gasteiger partial charge on any atom is -0.480 e. The number of carbonyl (C=O) groups excluding carboxylic acids is 1. The minimum absolute atomic E-state index is 0.231. The second kappa shape index (κ2) is 7.60. The molecule has 23 heavy (non-hydrogen) atoms. The van der Waals surface area contributed by atoms with Gasteiger partial charge in [-0.15, -0.1) is 4.91 Å². The van der Waals surface area contributed by atoms with Crippen LogP contribution in [0.15, 0.2) is 60.0 Å². The summed E-state index contributed by atoms with van der Waals surface area (Å²) in [5.41, 5.74) is 1.37. The van der Waals surface area contributed by atoms with Crippen molar-refractivity contribution in [2.75, 3.05) is 11.6 Å². The van der Waals surface area contributed by atoms with Gasteiger partial charge in [-0.05, 0) is 48.6 Å². The maximum atomic E-state index is 12.0. The van der Waals surface area contributed by atoms with E-state index in [2.05, 4.69) is 10.3 Å². The molecule has 0 amide bonds. The number of anilines is 1. The predicted octanol–water partition coefficient (Wildman–Crippen LogP) is 2.55. The van der Waals surface area contributed by atoms with Crippen LogP contribution in [0.3, 0.4) is 0 Å². The lowest BCUT2D eigenvalue weighted by atomic mass is 10.1. The first kappa shape index (κ1) is 16.0. The number of rotatable bonds is 7. The molecule has 0 saturated heterocycles. The van der Waals surface area contributed by atoms with Crippen LogP contribution < -0.4 is 5.01 Å². The SMILES string of the molecule is O=NN(CC(=O)O)c1ccc(C(=O)/C=C/c2ccccn2)cc1. The summed E-state index contributed by atoms with van der Waals surface area (Å²) in [5.74, 6) is -1.41. The fraction of sp³-hybridized carbons (Fsp3) is 0.0625. The van der Waals surface area contributed by atoms with Crippen molar-refractivity contribution in [3.63, 3.8) is 0 Å². The van der Waals surface area contributed by atoms with Crippen molar-refractivity contribution in [3.8, 4) is 0 Å². The van der Waals surface area contributed by atoms with Crippen LogP contribution in [0.2, 0.25) is 0 Å². The molecule has 0 aliphatic heterocycles. The fourth-order valence-corrected chi connectivity index (χ4v) is 1.83. The van der Waals surface area contributed by atoms with Crippen molar-refractivity contribution in [3.05, 3.63) is 70.9 Å². The van der Waals surface area contributed by atoms with Gasteiger partial charge in [0, 0.05) is 11.8 Å². The molecule has 0 aliphatic carbocycles. The van der Waals surface area contributed by atoms with Gasteiger partial charge in [0.25, 0.3) is 0 Å². The van der Waals surface area contributed by atoms with E-state index in [4.69, 9.17) is 5.11 Å². The standard InChI is InChI=1S/C16H13N3O4/c20-15(9-6-13-3-1-2-10-17-13)12-4-7-14(8-5-12)19(18-23)11-16(21)22/h1-10H,11H2,(H,21,22)/b9-6+. The van der Waals surface area contributed by atoms with E-state index in [-0.39, 0.29) is 5.78 Å². The molecule has 0 radical (unpaired) electrons. The van der Waals surface area contributed by atoms with Gasteiger partial charge in [-0.2, -0.15) is 0 Å². The maximum Gasteiger partial charge on any atom is 0.325 e. The molecule has 7 nitrogen and oxygen atoms in total. The highest BCUT2D eigenvalue weighted by molar-refractivity contribution is 6.06. The second-order valence-corrected chi connectivity index (χ2v) is 4.53. The average Bonchev–Trinajstić information content (AvgIpc) is 2.58. The van der Waals surface area contributed by atoms with Gasteiger partial charge in [-0.25, -0.2) is 5.01 Å². The van der Waals surface area contributed by atoms with E-state index in [0.717, 1.165) is 5.01 Å². The number of carboxylic acids is 1. The normalized spacial score (nSPS) is 10.4. The number of aromatic nitrogens is 1. The van der Waals surface area contributed by atoms with Crippen LogP contribution in [0.25, 0.3) is 6.08 Å². The van der Waals surface area contributed by atoms with E-state index in [0.29, 0.717) is 16.9 Å². The summed E-state index contributed by atoms with van der Waals surface area (Å²) in [7, 11) is 0. The van der Waals surface area contributed by atoms with Crippen molar-refractivity contribution < 1.29 is 14.7 Å². The molecule has 2 aromatic rings. The Balaban J connectivity index is 2.09. The van der Waals surface area contributed by atoms with E-state index >= 15 is 0 Å². The van der Waals surface area contributed by atoms with Gasteiger partial charge in [0.05, 0.1) is 16.7 Å². The van der Waals surface area contributed by atoms with Crippen molar-refractivity contribution in [2.45, 2.75) is 0 Å². The monoisotopic (exact) mass is 311 g/mol. The van der Waals surface area contributed by atoms with E-state index in [1.807, 2.05) is 6.07 Å². The second-order valence-electron chi connectivity index (χ2n) is 4.53. The minimum atomic E-state index is -1.18. The molecule has 0 spiro atoms. The Morgan fingerprint density at radius 2 is 1.91 bits per heavy atom. The van der Waals surface area contributed by atoms with Gasteiger partial charge in [0.1, 0.15) is 6.54 Å². The lowest BCUT2D eigenvalue weighted by molar-refractivity contribution is -0.135. The molecule has 7 heteroatoms. The van der Waals surface area contributed by atoms with Crippen LogP contribution in [-0.2, 0) is 4.79 Å². The zero-order valence-electron chi connectivity index (χ0n) is 12.0. The molecule has 1 heterocycles. The summed E-state index contributed by atoms with van der Waals surface area (Å²) in [6.07, 6.45) is 4.62. The van der Waals surface area contributed by atoms with Crippen LogP contribution in [0.5, 0.6) is 0 Å². The Labute approximate surface area is 131 Å². The largest absolute Gasteiger partial charge is 0.480 e. The number of nitroso groups, excluding NO2 is 1. The number of aliphatic carboxylic acids is 1. The average molecular weight is 311 g/mol. The molecule has 0 aliphatic rings. The number of pyridine rings is 1. The maximum absolute atomic E-state index is 12.0. The Hall–Kier alpha value is -3.35. The van der Waals surface area contributed by atoms with Crippen molar-refractivity contribution in [1.82, 2.24) is 4.98 Å². The number of nitrogens with zero attached hydrogens (tertiary/aromatic N) is 3. The quantitative estimate of drug-likeness (QED) is 0.365. The Morgan fingerprint density at radius 3 is 2.48 bits per heavy atom. The molecule has 0 atom stereocenters. The lowest BCUT2D eigenvalue weighted by Gasteiger charge is -2.12. The summed E-state index contributed by atoms with van der Waals surface area (Å²) in [6.45, 7) is -0.545. The molecule has 1 N–H and O–H groups in total. The molecule has 1 aromatic heterocycles. The molecule has 1 aromatic carbocycles. The Morgan fingerprint density at radius 1 is 1.17 bits per heavy atom. The Kier molecular flexibility index (Phi) is 5.30. The number of hydrogen-bond donors (Lipinski definition) is 1. The molecule has 0 fully saturated rings. The summed E-state index contributed by atoms with van der Waals surface area (Å²) in [4.78, 5) is 37.4. The van der Waals surface area contributed by atoms with Gasteiger partial charge < -0.3 is 5.11 Å². The third-order valence-corrected chi connectivity index (χ3v) is 2.93. The number of hydrogen-bond acceptors (Lipinski definition) is 5. The van der Waals surface area contributed by atoms with E-state index in [1.165, 1.54) is 30.3 Å². The highest BCUT2D eigenvalue weighted by Crippen LogP contribution is 2.16. The lowest BCUT2D eigenvalue weighted by Crippen LogP contribution is -2.23.